The molecule has 1 N–H and O–H groups in total. The van der Waals surface area contributed by atoms with E-state index in [2.05, 4.69) is 27.9 Å². The molecule has 0 amide bonds. The minimum Gasteiger partial charge on any atom is -0.395 e. The lowest BCUT2D eigenvalue weighted by atomic mass is 9.82. The van der Waals surface area contributed by atoms with Gasteiger partial charge in [-0.25, -0.2) is 0 Å². The number of hydrogen-bond donors (Lipinski definition) is 1. The second-order valence-electron chi connectivity index (χ2n) is 5.01. The predicted molar refractivity (Wildman–Crippen MR) is 68.5 cm³/mol. The molecule has 0 aromatic heterocycles. The summed E-state index contributed by atoms with van der Waals surface area (Å²) in [7, 11) is 2.12. The van der Waals surface area contributed by atoms with Crippen molar-refractivity contribution in [3.05, 3.63) is 0 Å². The highest BCUT2D eigenvalue weighted by atomic mass is 79.9. The molecule has 3 heteroatoms. The van der Waals surface area contributed by atoms with Gasteiger partial charge in [-0.2, -0.15) is 0 Å². The average molecular weight is 278 g/mol. The first-order valence-corrected chi connectivity index (χ1v) is 7.20. The Hall–Kier alpha value is 0.400. The minimum absolute atomic E-state index is 0.273. The van der Waals surface area contributed by atoms with Crippen molar-refractivity contribution in [3.8, 4) is 0 Å². The van der Waals surface area contributed by atoms with E-state index in [9.17, 15) is 0 Å². The van der Waals surface area contributed by atoms with Crippen LogP contribution in [-0.4, -0.2) is 42.1 Å². The quantitative estimate of drug-likeness (QED) is 0.617. The Morgan fingerprint density at radius 3 is 2.27 bits per heavy atom. The molecule has 2 nitrogen and oxygen atoms in total. The van der Waals surface area contributed by atoms with Crippen molar-refractivity contribution in [3.63, 3.8) is 0 Å². The number of aliphatic hydroxyl groups is 1. The SMILES string of the molecule is CN(CCO)CC1(CBr)CCCCCC1. The van der Waals surface area contributed by atoms with E-state index in [-0.39, 0.29) is 6.61 Å². The van der Waals surface area contributed by atoms with Gasteiger partial charge in [0.2, 0.25) is 0 Å². The Morgan fingerprint density at radius 2 is 1.80 bits per heavy atom. The third kappa shape index (κ3) is 4.41. The van der Waals surface area contributed by atoms with Gasteiger partial charge in [0.05, 0.1) is 6.61 Å². The second kappa shape index (κ2) is 6.87. The van der Waals surface area contributed by atoms with E-state index in [1.54, 1.807) is 0 Å². The Bertz CT molecular complexity index is 167. The molecule has 1 rings (SSSR count). The fourth-order valence-electron chi connectivity index (χ4n) is 2.63. The van der Waals surface area contributed by atoms with Gasteiger partial charge < -0.3 is 10.0 Å². The lowest BCUT2D eigenvalue weighted by Gasteiger charge is -2.35. The molecule has 0 saturated heterocycles. The first-order chi connectivity index (χ1) is 7.22. The molecule has 0 bridgehead atoms. The van der Waals surface area contributed by atoms with Gasteiger partial charge in [0.15, 0.2) is 0 Å². The van der Waals surface area contributed by atoms with Crippen LogP contribution in [-0.2, 0) is 0 Å². The Labute approximate surface area is 102 Å². The van der Waals surface area contributed by atoms with E-state index >= 15 is 0 Å². The summed E-state index contributed by atoms with van der Waals surface area (Å²) in [5.41, 5.74) is 0.459. The van der Waals surface area contributed by atoms with E-state index in [1.165, 1.54) is 38.5 Å². The van der Waals surface area contributed by atoms with Crippen LogP contribution in [0.2, 0.25) is 0 Å². The summed E-state index contributed by atoms with van der Waals surface area (Å²) >= 11 is 3.69. The molecule has 1 saturated carbocycles. The maximum atomic E-state index is 8.92. The van der Waals surface area contributed by atoms with Crippen molar-refractivity contribution >= 4 is 15.9 Å². The van der Waals surface area contributed by atoms with E-state index in [1.807, 2.05) is 0 Å². The van der Waals surface area contributed by atoms with Gasteiger partial charge in [-0.3, -0.25) is 0 Å². The molecule has 1 aliphatic rings. The van der Waals surface area contributed by atoms with Crippen molar-refractivity contribution in [2.45, 2.75) is 38.5 Å². The highest BCUT2D eigenvalue weighted by Gasteiger charge is 2.30. The molecule has 1 aliphatic carbocycles. The Balaban J connectivity index is 2.49. The maximum absolute atomic E-state index is 8.92. The van der Waals surface area contributed by atoms with E-state index in [4.69, 9.17) is 5.11 Å². The van der Waals surface area contributed by atoms with Crippen LogP contribution in [0.25, 0.3) is 0 Å². The molecule has 15 heavy (non-hydrogen) atoms. The van der Waals surface area contributed by atoms with Crippen LogP contribution in [0.3, 0.4) is 0 Å². The summed E-state index contributed by atoms with van der Waals surface area (Å²) in [6, 6.07) is 0. The highest BCUT2D eigenvalue weighted by Crippen LogP contribution is 2.37. The molecule has 1 fully saturated rings. The van der Waals surface area contributed by atoms with Gasteiger partial charge in [0, 0.05) is 18.4 Å². The molecule has 0 aromatic rings. The lowest BCUT2D eigenvalue weighted by molar-refractivity contribution is 0.149. The first kappa shape index (κ1) is 13.5. The van der Waals surface area contributed by atoms with Crippen molar-refractivity contribution in [1.29, 1.82) is 0 Å². The summed E-state index contributed by atoms with van der Waals surface area (Å²) in [5.74, 6) is 0. The van der Waals surface area contributed by atoms with Crippen LogP contribution in [0.5, 0.6) is 0 Å². The van der Waals surface area contributed by atoms with Crippen LogP contribution < -0.4 is 0 Å². The summed E-state index contributed by atoms with van der Waals surface area (Å²) in [6.07, 6.45) is 8.23. The van der Waals surface area contributed by atoms with Crippen LogP contribution in [0, 0.1) is 5.41 Å². The van der Waals surface area contributed by atoms with E-state index in [0.717, 1.165) is 18.4 Å². The maximum Gasteiger partial charge on any atom is 0.0558 e. The van der Waals surface area contributed by atoms with Crippen molar-refractivity contribution in [2.24, 2.45) is 5.41 Å². The summed E-state index contributed by atoms with van der Waals surface area (Å²) in [4.78, 5) is 2.27. The number of hydrogen-bond acceptors (Lipinski definition) is 2. The van der Waals surface area contributed by atoms with E-state index in [0.29, 0.717) is 5.41 Å². The summed E-state index contributed by atoms with van der Waals surface area (Å²) in [5, 5.41) is 10.0. The molecular formula is C12H24BrNO. The molecule has 0 aliphatic heterocycles. The fourth-order valence-corrected chi connectivity index (χ4v) is 3.37. The number of nitrogens with zero attached hydrogens (tertiary/aromatic N) is 1. The van der Waals surface area contributed by atoms with Crippen molar-refractivity contribution in [1.82, 2.24) is 4.90 Å². The molecule has 0 radical (unpaired) electrons. The molecule has 0 spiro atoms. The largest absolute Gasteiger partial charge is 0.395 e. The molecule has 0 atom stereocenters. The number of aliphatic hydroxyl groups excluding tert-OH is 1. The van der Waals surface area contributed by atoms with Gasteiger partial charge in [-0.05, 0) is 25.3 Å². The molecule has 0 unspecified atom stereocenters. The number of halogens is 1. The van der Waals surface area contributed by atoms with E-state index < -0.39 is 0 Å². The zero-order chi connectivity index (χ0) is 11.1. The third-order valence-corrected chi connectivity index (χ3v) is 4.72. The lowest BCUT2D eigenvalue weighted by Crippen LogP contribution is -2.38. The molecule has 0 aromatic carbocycles. The smallest absolute Gasteiger partial charge is 0.0558 e. The van der Waals surface area contributed by atoms with Crippen molar-refractivity contribution in [2.75, 3.05) is 32.1 Å². The first-order valence-electron chi connectivity index (χ1n) is 6.08. The molecule has 90 valence electrons. The van der Waals surface area contributed by atoms with Gasteiger partial charge in [-0.15, -0.1) is 0 Å². The van der Waals surface area contributed by atoms with Gasteiger partial charge in [0.25, 0.3) is 0 Å². The van der Waals surface area contributed by atoms with Crippen LogP contribution in [0.15, 0.2) is 0 Å². The van der Waals surface area contributed by atoms with Gasteiger partial charge in [-0.1, -0.05) is 41.6 Å². The monoisotopic (exact) mass is 277 g/mol. The molecular weight excluding hydrogens is 254 g/mol. The third-order valence-electron chi connectivity index (χ3n) is 3.53. The van der Waals surface area contributed by atoms with Crippen LogP contribution in [0.4, 0.5) is 0 Å². The Kier molecular flexibility index (Phi) is 6.17. The fraction of sp³-hybridized carbons (Fsp3) is 1.00. The second-order valence-corrected chi connectivity index (χ2v) is 5.57. The number of rotatable bonds is 5. The predicted octanol–water partition coefficient (Wildman–Crippen LogP) is 2.65. The van der Waals surface area contributed by atoms with Gasteiger partial charge >= 0.3 is 0 Å². The number of likely N-dealkylation sites (N-methyl/N-ethyl adjacent to an activating group) is 1. The normalized spacial score (nSPS) is 21.6. The zero-order valence-corrected chi connectivity index (χ0v) is 11.4. The van der Waals surface area contributed by atoms with Gasteiger partial charge in [0.1, 0.15) is 0 Å². The topological polar surface area (TPSA) is 23.5 Å². The zero-order valence-electron chi connectivity index (χ0n) is 9.84. The van der Waals surface area contributed by atoms with Crippen LogP contribution in [0.1, 0.15) is 38.5 Å². The summed E-state index contributed by atoms with van der Waals surface area (Å²) < 4.78 is 0. The average Bonchev–Trinajstić information content (AvgIpc) is 2.44. The summed E-state index contributed by atoms with van der Waals surface area (Å²) in [6.45, 7) is 2.20. The molecule has 0 heterocycles. The minimum atomic E-state index is 0.273. The number of alkyl halides is 1. The Morgan fingerprint density at radius 1 is 1.20 bits per heavy atom. The van der Waals surface area contributed by atoms with Crippen molar-refractivity contribution < 1.29 is 5.11 Å². The standard InChI is InChI=1S/C12H24BrNO/c1-14(8-9-15)11-12(10-13)6-4-2-3-5-7-12/h15H,2-11H2,1H3. The van der Waals surface area contributed by atoms with Crippen LogP contribution >= 0.6 is 15.9 Å². The highest BCUT2D eigenvalue weighted by molar-refractivity contribution is 9.09.